The van der Waals surface area contributed by atoms with Gasteiger partial charge in [-0.2, -0.15) is 0 Å². The van der Waals surface area contributed by atoms with Crippen molar-refractivity contribution in [3.8, 4) is 0 Å². The van der Waals surface area contributed by atoms with Crippen LogP contribution in [0.1, 0.15) is 15.9 Å². The number of carbonyl (C=O) groups is 1. The summed E-state index contributed by atoms with van der Waals surface area (Å²) < 4.78 is 0. The summed E-state index contributed by atoms with van der Waals surface area (Å²) in [5, 5.41) is 12.2. The Kier molecular flexibility index (Phi) is 4.43. The van der Waals surface area contributed by atoms with E-state index in [1.54, 1.807) is 42.5 Å². The number of anilines is 1. The van der Waals surface area contributed by atoms with E-state index in [1.807, 2.05) is 0 Å². The normalized spacial score (nSPS) is 10.3. The number of halogens is 2. The van der Waals surface area contributed by atoms with E-state index in [4.69, 9.17) is 28.3 Å². The first kappa shape index (κ1) is 13.9. The highest BCUT2D eigenvalue weighted by Crippen LogP contribution is 2.25. The molecule has 1 amide bonds. The molecule has 0 aliphatic carbocycles. The molecule has 0 fully saturated rings. The van der Waals surface area contributed by atoms with Gasteiger partial charge in [0, 0.05) is 5.69 Å². The number of hydrogen-bond acceptors (Lipinski definition) is 2. The number of aliphatic hydroxyl groups is 1. The van der Waals surface area contributed by atoms with Crippen LogP contribution in [0.5, 0.6) is 0 Å². The van der Waals surface area contributed by atoms with Crippen molar-refractivity contribution in [1.29, 1.82) is 0 Å². The smallest absolute Gasteiger partial charge is 0.258 e. The number of rotatable bonds is 3. The van der Waals surface area contributed by atoms with Crippen LogP contribution in [-0.4, -0.2) is 11.0 Å². The molecule has 2 aromatic rings. The summed E-state index contributed by atoms with van der Waals surface area (Å²) in [6.07, 6.45) is 0. The Morgan fingerprint density at radius 2 is 1.63 bits per heavy atom. The van der Waals surface area contributed by atoms with Crippen LogP contribution in [-0.2, 0) is 6.61 Å². The van der Waals surface area contributed by atoms with E-state index < -0.39 is 0 Å². The van der Waals surface area contributed by atoms with Gasteiger partial charge in [0.2, 0.25) is 0 Å². The summed E-state index contributed by atoms with van der Waals surface area (Å²) in [4.78, 5) is 12.1. The molecule has 2 N–H and O–H groups in total. The zero-order valence-corrected chi connectivity index (χ0v) is 11.4. The maximum Gasteiger partial charge on any atom is 0.258 e. The van der Waals surface area contributed by atoms with Crippen molar-refractivity contribution in [2.75, 3.05) is 5.32 Å². The summed E-state index contributed by atoms with van der Waals surface area (Å²) in [7, 11) is 0. The van der Waals surface area contributed by atoms with Gasteiger partial charge in [0.05, 0.1) is 22.2 Å². The lowest BCUT2D eigenvalue weighted by molar-refractivity contribution is 0.102. The molecular weight excluding hydrogens is 285 g/mol. The topological polar surface area (TPSA) is 49.3 Å². The van der Waals surface area contributed by atoms with Gasteiger partial charge in [-0.25, -0.2) is 0 Å². The Balaban J connectivity index is 2.21. The van der Waals surface area contributed by atoms with Gasteiger partial charge in [0.15, 0.2) is 0 Å². The van der Waals surface area contributed by atoms with E-state index in [1.165, 1.54) is 0 Å². The Morgan fingerprint density at radius 3 is 2.16 bits per heavy atom. The average molecular weight is 296 g/mol. The first-order chi connectivity index (χ1) is 9.11. The third-order valence-corrected chi connectivity index (χ3v) is 3.21. The van der Waals surface area contributed by atoms with Crippen molar-refractivity contribution in [3.05, 3.63) is 63.6 Å². The summed E-state index contributed by atoms with van der Waals surface area (Å²) in [6, 6.07) is 11.8. The maximum atomic E-state index is 12.1. The fraction of sp³-hybridized carbons (Fsp3) is 0.0714. The largest absolute Gasteiger partial charge is 0.392 e. The van der Waals surface area contributed by atoms with Crippen LogP contribution >= 0.6 is 23.2 Å². The molecular formula is C14H11Cl2NO2. The Morgan fingerprint density at radius 1 is 1.05 bits per heavy atom. The third-order valence-electron chi connectivity index (χ3n) is 2.58. The van der Waals surface area contributed by atoms with Crippen molar-refractivity contribution >= 4 is 34.8 Å². The van der Waals surface area contributed by atoms with Crippen LogP contribution in [0.4, 0.5) is 5.69 Å². The molecule has 3 nitrogen and oxygen atoms in total. The number of nitrogens with one attached hydrogen (secondary N) is 1. The highest BCUT2D eigenvalue weighted by molar-refractivity contribution is 6.40. The van der Waals surface area contributed by atoms with Gasteiger partial charge in [0.25, 0.3) is 5.91 Å². The monoisotopic (exact) mass is 295 g/mol. The van der Waals surface area contributed by atoms with Crippen LogP contribution in [0.25, 0.3) is 0 Å². The lowest BCUT2D eigenvalue weighted by Crippen LogP contribution is -2.13. The second kappa shape index (κ2) is 6.06. The number of amides is 1. The zero-order valence-electron chi connectivity index (χ0n) is 9.86. The van der Waals surface area contributed by atoms with Crippen molar-refractivity contribution < 1.29 is 9.90 Å². The lowest BCUT2D eigenvalue weighted by atomic mass is 10.2. The first-order valence-corrected chi connectivity index (χ1v) is 6.32. The minimum absolute atomic E-state index is 0.0371. The Hall–Kier alpha value is -1.55. The fourth-order valence-electron chi connectivity index (χ4n) is 1.60. The first-order valence-electron chi connectivity index (χ1n) is 5.57. The highest BCUT2D eigenvalue weighted by atomic mass is 35.5. The molecule has 0 saturated carbocycles. The van der Waals surface area contributed by atoms with Gasteiger partial charge in [-0.15, -0.1) is 0 Å². The lowest BCUT2D eigenvalue weighted by Gasteiger charge is -2.08. The number of aliphatic hydroxyl groups excluding tert-OH is 1. The second-order valence-corrected chi connectivity index (χ2v) is 4.72. The van der Waals surface area contributed by atoms with Crippen molar-refractivity contribution in [3.63, 3.8) is 0 Å². The van der Waals surface area contributed by atoms with E-state index in [0.29, 0.717) is 15.7 Å². The molecule has 0 atom stereocenters. The van der Waals surface area contributed by atoms with E-state index in [2.05, 4.69) is 5.32 Å². The Bertz CT molecular complexity index is 577. The molecule has 0 bridgehead atoms. The van der Waals surface area contributed by atoms with Crippen molar-refractivity contribution in [1.82, 2.24) is 0 Å². The molecule has 0 aromatic heterocycles. The van der Waals surface area contributed by atoms with Gasteiger partial charge >= 0.3 is 0 Å². The summed E-state index contributed by atoms with van der Waals surface area (Å²) in [6.45, 7) is -0.0371. The molecule has 98 valence electrons. The van der Waals surface area contributed by atoms with Gasteiger partial charge in [-0.1, -0.05) is 41.4 Å². The van der Waals surface area contributed by atoms with Crippen LogP contribution in [0.15, 0.2) is 42.5 Å². The summed E-state index contributed by atoms with van der Waals surface area (Å²) in [5.74, 6) is -0.368. The van der Waals surface area contributed by atoms with E-state index >= 15 is 0 Å². The molecule has 0 aliphatic heterocycles. The molecule has 0 saturated heterocycles. The molecule has 2 aromatic carbocycles. The quantitative estimate of drug-likeness (QED) is 0.906. The van der Waals surface area contributed by atoms with E-state index in [9.17, 15) is 4.79 Å². The van der Waals surface area contributed by atoms with Crippen LogP contribution in [0.3, 0.4) is 0 Å². The molecule has 0 radical (unpaired) electrons. The SMILES string of the molecule is O=C(Nc1ccc(CO)cc1)c1c(Cl)cccc1Cl. The van der Waals surface area contributed by atoms with Gasteiger partial charge in [-0.05, 0) is 29.8 Å². The predicted molar refractivity (Wildman–Crippen MR) is 76.8 cm³/mol. The van der Waals surface area contributed by atoms with Gasteiger partial charge < -0.3 is 10.4 Å². The van der Waals surface area contributed by atoms with Gasteiger partial charge in [0.1, 0.15) is 0 Å². The molecule has 2 rings (SSSR count). The molecule has 5 heteroatoms. The highest BCUT2D eigenvalue weighted by Gasteiger charge is 2.14. The minimum atomic E-state index is -0.368. The predicted octanol–water partition coefficient (Wildman–Crippen LogP) is 3.74. The number of benzene rings is 2. The standard InChI is InChI=1S/C14H11Cl2NO2/c15-11-2-1-3-12(16)13(11)14(19)17-10-6-4-9(8-18)5-7-10/h1-7,18H,8H2,(H,17,19). The Labute approximate surface area is 120 Å². The van der Waals surface area contributed by atoms with E-state index in [0.717, 1.165) is 5.56 Å². The van der Waals surface area contributed by atoms with Gasteiger partial charge in [-0.3, -0.25) is 4.79 Å². The minimum Gasteiger partial charge on any atom is -0.392 e. The van der Waals surface area contributed by atoms with Crippen LogP contribution in [0, 0.1) is 0 Å². The molecule has 19 heavy (non-hydrogen) atoms. The zero-order chi connectivity index (χ0) is 13.8. The van der Waals surface area contributed by atoms with Crippen molar-refractivity contribution in [2.24, 2.45) is 0 Å². The second-order valence-electron chi connectivity index (χ2n) is 3.91. The molecule has 0 aliphatic rings. The van der Waals surface area contributed by atoms with Crippen LogP contribution in [0.2, 0.25) is 10.0 Å². The average Bonchev–Trinajstić information content (AvgIpc) is 2.39. The number of carbonyl (C=O) groups excluding carboxylic acids is 1. The van der Waals surface area contributed by atoms with E-state index in [-0.39, 0.29) is 18.1 Å². The summed E-state index contributed by atoms with van der Waals surface area (Å²) >= 11 is 11.9. The summed E-state index contributed by atoms with van der Waals surface area (Å²) in [5.41, 5.74) is 1.63. The molecule has 0 heterocycles. The fourth-order valence-corrected chi connectivity index (χ4v) is 2.17. The van der Waals surface area contributed by atoms with Crippen LogP contribution < -0.4 is 5.32 Å². The maximum absolute atomic E-state index is 12.1. The number of hydrogen-bond donors (Lipinski definition) is 2. The third kappa shape index (κ3) is 3.26. The molecule has 0 spiro atoms. The molecule has 0 unspecified atom stereocenters. The van der Waals surface area contributed by atoms with Crippen molar-refractivity contribution in [2.45, 2.75) is 6.61 Å².